The molecule has 0 aliphatic heterocycles. The molecule has 1 aromatic heterocycles. The van der Waals surface area contributed by atoms with Crippen molar-refractivity contribution in [1.29, 1.82) is 0 Å². The van der Waals surface area contributed by atoms with Gasteiger partial charge in [0, 0.05) is 6.54 Å². The molecule has 0 unspecified atom stereocenters. The highest BCUT2D eigenvalue weighted by Gasteiger charge is 2.53. The van der Waals surface area contributed by atoms with Crippen molar-refractivity contribution in [3.05, 3.63) is 5.82 Å². The molecule has 1 N–H and O–H groups in total. The highest BCUT2D eigenvalue weighted by Crippen LogP contribution is 2.61. The predicted octanol–water partition coefficient (Wildman–Crippen LogP) is 1.98. The van der Waals surface area contributed by atoms with Gasteiger partial charge in [0.2, 0.25) is 0 Å². The molecule has 0 spiro atoms. The normalized spacial score (nSPS) is 23.5. The van der Waals surface area contributed by atoms with Gasteiger partial charge in [0.05, 0.1) is 0 Å². The summed E-state index contributed by atoms with van der Waals surface area (Å²) in [7, 11) is 0. The van der Waals surface area contributed by atoms with Gasteiger partial charge < -0.3 is 9.84 Å². The van der Waals surface area contributed by atoms with Crippen LogP contribution in [0.15, 0.2) is 4.52 Å². The van der Waals surface area contributed by atoms with Gasteiger partial charge in [-0.1, -0.05) is 5.16 Å². The Labute approximate surface area is 83.1 Å². The van der Waals surface area contributed by atoms with Gasteiger partial charge in [-0.15, -0.1) is 0 Å². The number of rotatable bonds is 4. The van der Waals surface area contributed by atoms with E-state index in [0.29, 0.717) is 17.3 Å². The predicted molar refractivity (Wildman–Crippen MR) is 51.9 cm³/mol. The van der Waals surface area contributed by atoms with Crippen molar-refractivity contribution < 1.29 is 4.52 Å². The lowest BCUT2D eigenvalue weighted by atomic mass is 10.0. The summed E-state index contributed by atoms with van der Waals surface area (Å²) in [4.78, 5) is 4.13. The largest absolute Gasteiger partial charge is 0.337 e. The van der Waals surface area contributed by atoms with Crippen molar-refractivity contribution in [2.45, 2.75) is 32.6 Å². The number of anilines is 1. The highest BCUT2D eigenvalue weighted by atomic mass is 16.5. The third kappa shape index (κ3) is 1.38. The molecule has 2 aliphatic carbocycles. The summed E-state index contributed by atoms with van der Waals surface area (Å²) in [6, 6.07) is 0.578. The molecule has 2 saturated carbocycles. The average molecular weight is 193 g/mol. The van der Waals surface area contributed by atoms with Gasteiger partial charge in [-0.05, 0) is 43.9 Å². The molecule has 0 atom stereocenters. The van der Waals surface area contributed by atoms with E-state index in [1.54, 1.807) is 0 Å². The molecule has 0 aromatic carbocycles. The molecule has 0 amide bonds. The van der Waals surface area contributed by atoms with Crippen LogP contribution in [0.4, 0.5) is 6.01 Å². The molecule has 3 rings (SSSR count). The fourth-order valence-electron chi connectivity index (χ4n) is 2.21. The Kier molecular flexibility index (Phi) is 1.60. The van der Waals surface area contributed by atoms with E-state index in [9.17, 15) is 0 Å². The van der Waals surface area contributed by atoms with E-state index in [2.05, 4.69) is 15.5 Å². The van der Waals surface area contributed by atoms with Gasteiger partial charge in [0.1, 0.15) is 0 Å². The topological polar surface area (TPSA) is 51.0 Å². The first-order valence-corrected chi connectivity index (χ1v) is 5.33. The number of nitrogens with one attached hydrogen (secondary N) is 1. The molecule has 0 bridgehead atoms. The van der Waals surface area contributed by atoms with Crippen LogP contribution in [-0.2, 0) is 0 Å². The lowest BCUT2D eigenvalue weighted by Gasteiger charge is -2.12. The van der Waals surface area contributed by atoms with Gasteiger partial charge in [0.15, 0.2) is 5.82 Å². The van der Waals surface area contributed by atoms with Crippen molar-refractivity contribution in [2.24, 2.45) is 11.3 Å². The minimum absolute atomic E-state index is 0.578. The van der Waals surface area contributed by atoms with E-state index >= 15 is 0 Å². The lowest BCUT2D eigenvalue weighted by Crippen LogP contribution is -2.17. The van der Waals surface area contributed by atoms with Crippen LogP contribution in [0.1, 0.15) is 31.5 Å². The minimum atomic E-state index is 0.578. The Bertz CT molecular complexity index is 339. The van der Waals surface area contributed by atoms with Crippen molar-refractivity contribution >= 4 is 6.01 Å². The molecule has 14 heavy (non-hydrogen) atoms. The Balaban J connectivity index is 1.59. The Morgan fingerprint density at radius 3 is 2.79 bits per heavy atom. The van der Waals surface area contributed by atoms with Crippen molar-refractivity contribution in [2.75, 3.05) is 11.9 Å². The van der Waals surface area contributed by atoms with Crippen LogP contribution in [0, 0.1) is 18.3 Å². The Morgan fingerprint density at radius 2 is 2.29 bits per heavy atom. The second-order valence-electron chi connectivity index (χ2n) is 4.64. The first-order valence-electron chi connectivity index (χ1n) is 5.33. The van der Waals surface area contributed by atoms with Crippen LogP contribution >= 0.6 is 0 Å². The maximum Gasteiger partial charge on any atom is 0.321 e. The minimum Gasteiger partial charge on any atom is -0.337 e. The first-order chi connectivity index (χ1) is 6.78. The molecule has 0 saturated heterocycles. The van der Waals surface area contributed by atoms with Crippen molar-refractivity contribution in [1.82, 2.24) is 10.1 Å². The zero-order valence-electron chi connectivity index (χ0n) is 8.42. The van der Waals surface area contributed by atoms with E-state index in [1.807, 2.05) is 6.92 Å². The molecule has 2 fully saturated rings. The average Bonchev–Trinajstić information content (AvgIpc) is 3.03. The quantitative estimate of drug-likeness (QED) is 0.794. The third-order valence-corrected chi connectivity index (χ3v) is 3.45. The lowest BCUT2D eigenvalue weighted by molar-refractivity contribution is 0.411. The number of aryl methyl sites for hydroxylation is 1. The molecular weight excluding hydrogens is 178 g/mol. The van der Waals surface area contributed by atoms with E-state index in [-0.39, 0.29) is 0 Å². The second-order valence-corrected chi connectivity index (χ2v) is 4.64. The molecule has 1 heterocycles. The third-order valence-electron chi connectivity index (χ3n) is 3.45. The Morgan fingerprint density at radius 1 is 1.50 bits per heavy atom. The summed E-state index contributed by atoms with van der Waals surface area (Å²) in [5, 5.41) is 7.00. The first kappa shape index (κ1) is 8.26. The van der Waals surface area contributed by atoms with Crippen molar-refractivity contribution in [3.8, 4) is 0 Å². The molecule has 0 radical (unpaired) electrons. The second kappa shape index (κ2) is 2.72. The van der Waals surface area contributed by atoms with Crippen LogP contribution in [0.5, 0.6) is 0 Å². The van der Waals surface area contributed by atoms with E-state index in [0.717, 1.165) is 12.5 Å². The van der Waals surface area contributed by atoms with Crippen LogP contribution in [0.3, 0.4) is 0 Å². The Hall–Kier alpha value is -1.06. The summed E-state index contributed by atoms with van der Waals surface area (Å²) in [6.07, 6.45) is 5.59. The smallest absolute Gasteiger partial charge is 0.321 e. The highest BCUT2D eigenvalue weighted by molar-refractivity contribution is 5.21. The van der Waals surface area contributed by atoms with Crippen LogP contribution in [-0.4, -0.2) is 16.7 Å². The molecule has 4 heteroatoms. The number of aromatic nitrogens is 2. The zero-order chi connectivity index (χ0) is 9.60. The zero-order valence-corrected chi connectivity index (χ0v) is 8.42. The van der Waals surface area contributed by atoms with Crippen LogP contribution < -0.4 is 5.32 Å². The van der Waals surface area contributed by atoms with Gasteiger partial charge >= 0.3 is 6.01 Å². The number of hydrogen-bond acceptors (Lipinski definition) is 4. The molecule has 1 aromatic rings. The summed E-state index contributed by atoms with van der Waals surface area (Å²) in [6.45, 7) is 2.85. The maximum atomic E-state index is 5.02. The van der Waals surface area contributed by atoms with Gasteiger partial charge in [-0.25, -0.2) is 0 Å². The summed E-state index contributed by atoms with van der Waals surface area (Å²) in [5.74, 6) is 1.67. The number of hydrogen-bond donors (Lipinski definition) is 1. The van der Waals surface area contributed by atoms with E-state index in [1.165, 1.54) is 25.7 Å². The molecule has 2 aliphatic rings. The van der Waals surface area contributed by atoms with Gasteiger partial charge in [-0.2, -0.15) is 4.98 Å². The van der Waals surface area contributed by atoms with Crippen LogP contribution in [0.2, 0.25) is 0 Å². The fraction of sp³-hybridized carbons (Fsp3) is 0.800. The standard InChI is InChI=1S/C10H15N3O/c1-7-12-9(14-13-7)11-6-10(4-5-10)8-2-3-8/h8H,2-6H2,1H3,(H,11,12,13). The van der Waals surface area contributed by atoms with Gasteiger partial charge in [0.25, 0.3) is 0 Å². The summed E-state index contributed by atoms with van der Waals surface area (Å²) in [5.41, 5.74) is 0.586. The maximum absolute atomic E-state index is 5.02. The van der Waals surface area contributed by atoms with Crippen molar-refractivity contribution in [3.63, 3.8) is 0 Å². The molecular formula is C10H15N3O. The summed E-state index contributed by atoms with van der Waals surface area (Å²) < 4.78 is 5.02. The fourth-order valence-corrected chi connectivity index (χ4v) is 2.21. The van der Waals surface area contributed by atoms with E-state index in [4.69, 9.17) is 4.52 Å². The monoisotopic (exact) mass is 193 g/mol. The van der Waals surface area contributed by atoms with Gasteiger partial charge in [-0.3, -0.25) is 0 Å². The summed E-state index contributed by atoms with van der Waals surface area (Å²) >= 11 is 0. The SMILES string of the molecule is Cc1noc(NCC2(C3CC3)CC2)n1. The number of nitrogens with zero attached hydrogens (tertiary/aromatic N) is 2. The molecule has 76 valence electrons. The van der Waals surface area contributed by atoms with Crippen LogP contribution in [0.25, 0.3) is 0 Å². The van der Waals surface area contributed by atoms with E-state index < -0.39 is 0 Å². The molecule has 4 nitrogen and oxygen atoms in total.